The Bertz CT molecular complexity index is 556. The van der Waals surface area contributed by atoms with Gasteiger partial charge in [0.15, 0.2) is 0 Å². The molecule has 1 aromatic heterocycles. The van der Waals surface area contributed by atoms with Crippen LogP contribution in [0, 0.1) is 5.82 Å². The molecule has 0 saturated carbocycles. The van der Waals surface area contributed by atoms with Gasteiger partial charge in [-0.15, -0.1) is 0 Å². The maximum absolute atomic E-state index is 13.1. The zero-order valence-electron chi connectivity index (χ0n) is 7.50. The molecule has 0 atom stereocenters. The summed E-state index contributed by atoms with van der Waals surface area (Å²) in [6.45, 7) is 0. The lowest BCUT2D eigenvalue weighted by atomic mass is 10.2. The molecule has 0 unspecified atom stereocenters. The highest BCUT2D eigenvalue weighted by atomic mass is 35.5. The molecule has 0 aliphatic heterocycles. The molecule has 2 aromatic rings. The molecule has 0 spiro atoms. The molecular formula is C10H6ClFN2O. The number of carbonyl (C=O) groups excluding carboxylic acids is 1. The van der Waals surface area contributed by atoms with Crippen molar-refractivity contribution < 1.29 is 9.18 Å². The fourth-order valence-electron chi connectivity index (χ4n) is 1.26. The van der Waals surface area contributed by atoms with Gasteiger partial charge in [0, 0.05) is 5.39 Å². The van der Waals surface area contributed by atoms with Gasteiger partial charge in [0.25, 0.3) is 5.91 Å². The monoisotopic (exact) mass is 224 g/mol. The first-order valence-electron chi connectivity index (χ1n) is 4.13. The van der Waals surface area contributed by atoms with Crippen LogP contribution in [-0.2, 0) is 0 Å². The number of nitrogens with two attached hydrogens (primary N) is 1. The van der Waals surface area contributed by atoms with Crippen molar-refractivity contribution in [2.75, 3.05) is 0 Å². The summed E-state index contributed by atoms with van der Waals surface area (Å²) in [5.41, 5.74) is 5.64. The van der Waals surface area contributed by atoms with E-state index in [9.17, 15) is 9.18 Å². The van der Waals surface area contributed by atoms with Crippen molar-refractivity contribution >= 4 is 28.4 Å². The van der Waals surface area contributed by atoms with E-state index in [1.807, 2.05) is 0 Å². The van der Waals surface area contributed by atoms with E-state index in [0.717, 1.165) is 0 Å². The van der Waals surface area contributed by atoms with E-state index in [0.29, 0.717) is 10.9 Å². The zero-order chi connectivity index (χ0) is 11.0. The van der Waals surface area contributed by atoms with E-state index in [-0.39, 0.29) is 10.7 Å². The number of benzene rings is 1. The normalized spacial score (nSPS) is 10.5. The molecule has 0 bridgehead atoms. The molecule has 0 aliphatic rings. The number of rotatable bonds is 1. The number of amides is 1. The minimum Gasteiger partial charge on any atom is -0.364 e. The Balaban J connectivity index is 2.72. The number of fused-ring (bicyclic) bond motifs is 1. The molecule has 1 amide bonds. The predicted molar refractivity (Wildman–Crippen MR) is 55.2 cm³/mol. The molecule has 2 N–H and O–H groups in total. The van der Waals surface area contributed by atoms with E-state index < -0.39 is 11.7 Å². The molecule has 0 saturated heterocycles. The Hall–Kier alpha value is -1.68. The van der Waals surface area contributed by atoms with Crippen molar-refractivity contribution in [3.8, 4) is 0 Å². The lowest BCUT2D eigenvalue weighted by Gasteiger charge is -2.01. The molecule has 15 heavy (non-hydrogen) atoms. The summed E-state index contributed by atoms with van der Waals surface area (Å²) >= 11 is 5.59. The average molecular weight is 225 g/mol. The molecule has 5 heteroatoms. The number of hydrogen-bond acceptors (Lipinski definition) is 2. The first-order chi connectivity index (χ1) is 7.08. The third-order valence-corrected chi connectivity index (χ3v) is 2.27. The maximum atomic E-state index is 13.1. The minimum atomic E-state index is -0.627. The van der Waals surface area contributed by atoms with Crippen LogP contribution in [-0.4, -0.2) is 10.9 Å². The predicted octanol–water partition coefficient (Wildman–Crippen LogP) is 2.13. The van der Waals surface area contributed by atoms with Crippen LogP contribution in [0.3, 0.4) is 0 Å². The van der Waals surface area contributed by atoms with Crippen molar-refractivity contribution in [3.63, 3.8) is 0 Å². The number of nitrogens with zero attached hydrogens (tertiary/aromatic N) is 1. The second-order valence-electron chi connectivity index (χ2n) is 3.02. The molecule has 1 aromatic carbocycles. The zero-order valence-corrected chi connectivity index (χ0v) is 8.25. The van der Waals surface area contributed by atoms with Crippen LogP contribution in [0.4, 0.5) is 4.39 Å². The van der Waals surface area contributed by atoms with Crippen LogP contribution in [0.1, 0.15) is 10.5 Å². The standard InChI is InChI=1S/C10H6ClFN2O/c11-6-4-9-5(3-7(6)12)1-2-8(14-9)10(13)15/h1-4H,(H2,13,15). The summed E-state index contributed by atoms with van der Waals surface area (Å²) in [7, 11) is 0. The molecular weight excluding hydrogens is 219 g/mol. The van der Waals surface area contributed by atoms with Gasteiger partial charge in [0.2, 0.25) is 0 Å². The summed E-state index contributed by atoms with van der Waals surface area (Å²) in [4.78, 5) is 14.8. The Morgan fingerprint density at radius 2 is 2.13 bits per heavy atom. The van der Waals surface area contributed by atoms with Crippen LogP contribution in [0.25, 0.3) is 10.9 Å². The van der Waals surface area contributed by atoms with Crippen LogP contribution in [0.5, 0.6) is 0 Å². The third-order valence-electron chi connectivity index (χ3n) is 1.98. The average Bonchev–Trinajstić information content (AvgIpc) is 2.19. The number of aromatic nitrogens is 1. The first kappa shape index (κ1) is 9.86. The number of pyridine rings is 1. The smallest absolute Gasteiger partial charge is 0.267 e. The largest absolute Gasteiger partial charge is 0.364 e. The highest BCUT2D eigenvalue weighted by Crippen LogP contribution is 2.21. The van der Waals surface area contributed by atoms with Crippen LogP contribution >= 0.6 is 11.6 Å². The van der Waals surface area contributed by atoms with Crippen molar-refractivity contribution in [1.82, 2.24) is 4.98 Å². The van der Waals surface area contributed by atoms with Gasteiger partial charge in [-0.3, -0.25) is 4.79 Å². The summed E-state index contributed by atoms with van der Waals surface area (Å²) in [6, 6.07) is 5.63. The number of halogens is 2. The van der Waals surface area contributed by atoms with Gasteiger partial charge in [-0.25, -0.2) is 9.37 Å². The van der Waals surface area contributed by atoms with Gasteiger partial charge in [-0.1, -0.05) is 17.7 Å². The Morgan fingerprint density at radius 1 is 1.40 bits per heavy atom. The lowest BCUT2D eigenvalue weighted by molar-refractivity contribution is 0.0996. The van der Waals surface area contributed by atoms with E-state index in [1.165, 1.54) is 18.2 Å². The Labute approximate surface area is 89.7 Å². The van der Waals surface area contributed by atoms with Gasteiger partial charge in [-0.05, 0) is 18.2 Å². The van der Waals surface area contributed by atoms with Crippen LogP contribution in [0.15, 0.2) is 24.3 Å². The van der Waals surface area contributed by atoms with Crippen molar-refractivity contribution in [2.45, 2.75) is 0 Å². The molecule has 0 fully saturated rings. The van der Waals surface area contributed by atoms with Crippen LogP contribution in [0.2, 0.25) is 5.02 Å². The first-order valence-corrected chi connectivity index (χ1v) is 4.51. The summed E-state index contributed by atoms with van der Waals surface area (Å²) < 4.78 is 13.1. The fourth-order valence-corrected chi connectivity index (χ4v) is 1.41. The fraction of sp³-hybridized carbons (Fsp3) is 0. The topological polar surface area (TPSA) is 56.0 Å². The van der Waals surface area contributed by atoms with E-state index in [2.05, 4.69) is 4.98 Å². The minimum absolute atomic E-state index is 0.0309. The maximum Gasteiger partial charge on any atom is 0.267 e. The third kappa shape index (κ3) is 1.76. The number of primary amides is 1. The molecule has 0 aliphatic carbocycles. The highest BCUT2D eigenvalue weighted by molar-refractivity contribution is 6.31. The van der Waals surface area contributed by atoms with Gasteiger partial charge >= 0.3 is 0 Å². The van der Waals surface area contributed by atoms with E-state index >= 15 is 0 Å². The lowest BCUT2D eigenvalue weighted by Crippen LogP contribution is -2.12. The van der Waals surface area contributed by atoms with Crippen molar-refractivity contribution in [3.05, 3.63) is 40.8 Å². The van der Waals surface area contributed by atoms with Gasteiger partial charge < -0.3 is 5.73 Å². The van der Waals surface area contributed by atoms with Crippen molar-refractivity contribution in [1.29, 1.82) is 0 Å². The Morgan fingerprint density at radius 3 is 2.80 bits per heavy atom. The van der Waals surface area contributed by atoms with E-state index in [4.69, 9.17) is 17.3 Å². The Kier molecular flexibility index (Phi) is 2.28. The molecule has 0 radical (unpaired) electrons. The summed E-state index contributed by atoms with van der Waals surface area (Å²) in [6.07, 6.45) is 0. The quantitative estimate of drug-likeness (QED) is 0.807. The second-order valence-corrected chi connectivity index (χ2v) is 3.43. The van der Waals surface area contributed by atoms with Gasteiger partial charge in [0.05, 0.1) is 10.5 Å². The molecule has 76 valence electrons. The second kappa shape index (κ2) is 3.47. The summed E-state index contributed by atoms with van der Waals surface area (Å²) in [5.74, 6) is -1.14. The molecule has 3 nitrogen and oxygen atoms in total. The van der Waals surface area contributed by atoms with Crippen molar-refractivity contribution in [2.24, 2.45) is 5.73 Å². The summed E-state index contributed by atoms with van der Waals surface area (Å²) in [5, 5.41) is 0.540. The van der Waals surface area contributed by atoms with E-state index in [1.54, 1.807) is 6.07 Å². The van der Waals surface area contributed by atoms with Gasteiger partial charge in [0.1, 0.15) is 11.5 Å². The SMILES string of the molecule is NC(=O)c1ccc2cc(F)c(Cl)cc2n1. The highest BCUT2D eigenvalue weighted by Gasteiger charge is 2.06. The number of hydrogen-bond donors (Lipinski definition) is 1. The number of carbonyl (C=O) groups is 1. The van der Waals surface area contributed by atoms with Gasteiger partial charge in [-0.2, -0.15) is 0 Å². The van der Waals surface area contributed by atoms with Crippen LogP contribution < -0.4 is 5.73 Å². The molecule has 2 rings (SSSR count). The molecule has 1 heterocycles.